The fourth-order valence-corrected chi connectivity index (χ4v) is 6.87. The van der Waals surface area contributed by atoms with Crippen molar-refractivity contribution in [2.24, 2.45) is 11.8 Å². The molecule has 3 aromatic rings. The smallest absolute Gasteiger partial charge is 0.308 e. The van der Waals surface area contributed by atoms with Gasteiger partial charge in [-0.25, -0.2) is 22.2 Å². The maximum Gasteiger partial charge on any atom is 0.308 e. The SMILES string of the molecule is CCOC(=O)[C@H]1CC[C@H](CNc2nc(C)c(-c3ccc(OC)c(S(=O)(=O)Nc4ccc(F)cc4F)c3)s2)CC1. The van der Waals surface area contributed by atoms with Gasteiger partial charge in [0.25, 0.3) is 10.0 Å². The average Bonchev–Trinajstić information content (AvgIpc) is 3.29. The van der Waals surface area contributed by atoms with Crippen molar-refractivity contribution in [1.29, 1.82) is 0 Å². The van der Waals surface area contributed by atoms with Gasteiger partial charge in [0.2, 0.25) is 0 Å². The molecule has 1 aliphatic carbocycles. The van der Waals surface area contributed by atoms with E-state index in [1.807, 2.05) is 13.8 Å². The molecular weight excluding hydrogens is 548 g/mol. The Kier molecular flexibility index (Phi) is 9.06. The topological polar surface area (TPSA) is 107 Å². The Labute approximate surface area is 230 Å². The Bertz CT molecular complexity index is 1440. The van der Waals surface area contributed by atoms with Gasteiger partial charge >= 0.3 is 5.97 Å². The molecule has 1 saturated carbocycles. The fourth-order valence-electron chi connectivity index (χ4n) is 4.63. The van der Waals surface area contributed by atoms with Gasteiger partial charge in [0.15, 0.2) is 5.13 Å². The Balaban J connectivity index is 1.48. The number of aryl methyl sites for hydroxylation is 1. The fraction of sp³-hybridized carbons (Fsp3) is 0.407. The number of halogens is 2. The molecule has 0 aliphatic heterocycles. The van der Waals surface area contributed by atoms with E-state index in [1.54, 1.807) is 6.07 Å². The summed E-state index contributed by atoms with van der Waals surface area (Å²) in [5.74, 6) is -1.49. The normalized spacial score (nSPS) is 17.5. The molecule has 0 spiro atoms. The number of anilines is 2. The number of rotatable bonds is 10. The van der Waals surface area contributed by atoms with Crippen molar-refractivity contribution >= 4 is 38.1 Å². The second-order valence-corrected chi connectivity index (χ2v) is 12.0. The number of hydrogen-bond donors (Lipinski definition) is 2. The zero-order valence-corrected chi connectivity index (χ0v) is 23.6. The lowest BCUT2D eigenvalue weighted by Gasteiger charge is -2.27. The van der Waals surface area contributed by atoms with Crippen LogP contribution in [0.1, 0.15) is 38.3 Å². The zero-order chi connectivity index (χ0) is 28.2. The standard InChI is InChI=1S/C27H31F2N3O5S2/c1-4-37-26(33)18-7-5-17(6-8-18)15-30-27-31-16(2)25(38-27)19-9-12-23(36-3)24(13-19)39(34,35)32-22-11-10-20(28)14-21(22)29/h9-14,17-18,32H,4-8,15H2,1-3H3,(H,30,31)/t17-,18-. The molecule has 1 aromatic heterocycles. The van der Waals surface area contributed by atoms with Crippen LogP contribution < -0.4 is 14.8 Å². The van der Waals surface area contributed by atoms with Gasteiger partial charge in [-0.2, -0.15) is 0 Å². The van der Waals surface area contributed by atoms with Crippen LogP contribution in [0.15, 0.2) is 41.3 Å². The zero-order valence-electron chi connectivity index (χ0n) is 21.9. The lowest BCUT2D eigenvalue weighted by Crippen LogP contribution is -2.26. The van der Waals surface area contributed by atoms with Crippen LogP contribution >= 0.6 is 11.3 Å². The van der Waals surface area contributed by atoms with E-state index in [0.717, 1.165) is 54.9 Å². The van der Waals surface area contributed by atoms with E-state index in [2.05, 4.69) is 15.0 Å². The molecule has 1 aliphatic rings. The average molecular weight is 580 g/mol. The van der Waals surface area contributed by atoms with Crippen LogP contribution in [0, 0.1) is 30.4 Å². The molecule has 2 N–H and O–H groups in total. The number of methoxy groups -OCH3 is 1. The van der Waals surface area contributed by atoms with Crippen molar-refractivity contribution in [2.75, 3.05) is 30.3 Å². The van der Waals surface area contributed by atoms with Crippen molar-refractivity contribution in [3.05, 3.63) is 53.7 Å². The van der Waals surface area contributed by atoms with Gasteiger partial charge in [0.1, 0.15) is 22.3 Å². The second kappa shape index (κ2) is 12.3. The first-order chi connectivity index (χ1) is 18.6. The summed E-state index contributed by atoms with van der Waals surface area (Å²) < 4.78 is 66.3. The maximum absolute atomic E-state index is 14.1. The Morgan fingerprint density at radius 3 is 2.54 bits per heavy atom. The molecule has 0 radical (unpaired) electrons. The Hall–Kier alpha value is -3.25. The Morgan fingerprint density at radius 2 is 1.87 bits per heavy atom. The van der Waals surface area contributed by atoms with E-state index in [4.69, 9.17) is 9.47 Å². The summed E-state index contributed by atoms with van der Waals surface area (Å²) in [6.07, 6.45) is 3.47. The number of esters is 1. The molecule has 2 aromatic carbocycles. The highest BCUT2D eigenvalue weighted by Crippen LogP contribution is 2.38. The number of carbonyl (C=O) groups is 1. The molecule has 0 saturated heterocycles. The van der Waals surface area contributed by atoms with Crippen LogP contribution in [-0.4, -0.2) is 39.6 Å². The summed E-state index contributed by atoms with van der Waals surface area (Å²) in [5, 5.41) is 4.10. The van der Waals surface area contributed by atoms with Crippen molar-refractivity contribution in [2.45, 2.75) is 44.4 Å². The van der Waals surface area contributed by atoms with Gasteiger partial charge in [0, 0.05) is 12.6 Å². The third-order valence-corrected chi connectivity index (χ3v) is 9.25. The van der Waals surface area contributed by atoms with Crippen LogP contribution in [0.3, 0.4) is 0 Å². The van der Waals surface area contributed by atoms with Crippen LogP contribution in [0.4, 0.5) is 19.6 Å². The van der Waals surface area contributed by atoms with E-state index >= 15 is 0 Å². The first-order valence-corrected chi connectivity index (χ1v) is 15.0. The molecule has 1 fully saturated rings. The molecule has 0 atom stereocenters. The third-order valence-electron chi connectivity index (χ3n) is 6.70. The first-order valence-electron chi connectivity index (χ1n) is 12.7. The summed E-state index contributed by atoms with van der Waals surface area (Å²) in [7, 11) is -2.93. The van der Waals surface area contributed by atoms with E-state index in [9.17, 15) is 22.0 Å². The van der Waals surface area contributed by atoms with Gasteiger partial charge in [-0.15, -0.1) is 0 Å². The molecule has 0 bridgehead atoms. The number of benzene rings is 2. The number of thiazole rings is 1. The lowest BCUT2D eigenvalue weighted by atomic mass is 9.82. The number of hydrogen-bond acceptors (Lipinski definition) is 8. The number of nitrogens with zero attached hydrogens (tertiary/aromatic N) is 1. The molecule has 0 unspecified atom stereocenters. The minimum absolute atomic E-state index is 0.0236. The number of carbonyl (C=O) groups excluding carboxylic acids is 1. The van der Waals surface area contributed by atoms with Crippen molar-refractivity contribution < 1.29 is 31.5 Å². The monoisotopic (exact) mass is 579 g/mol. The number of ether oxygens (including phenoxy) is 2. The number of nitrogens with one attached hydrogen (secondary N) is 2. The maximum atomic E-state index is 14.1. The molecule has 4 rings (SSSR count). The number of aromatic nitrogens is 1. The van der Waals surface area contributed by atoms with Crippen molar-refractivity contribution in [3.8, 4) is 16.2 Å². The van der Waals surface area contributed by atoms with Crippen LogP contribution in [0.25, 0.3) is 10.4 Å². The van der Waals surface area contributed by atoms with Gasteiger partial charge in [-0.1, -0.05) is 11.3 Å². The van der Waals surface area contributed by atoms with Gasteiger partial charge in [0.05, 0.1) is 35.9 Å². The second-order valence-electron chi connectivity index (χ2n) is 9.38. The van der Waals surface area contributed by atoms with E-state index in [1.165, 1.54) is 30.6 Å². The van der Waals surface area contributed by atoms with Crippen molar-refractivity contribution in [3.63, 3.8) is 0 Å². The highest BCUT2D eigenvalue weighted by Gasteiger charge is 2.27. The van der Waals surface area contributed by atoms with E-state index in [-0.39, 0.29) is 28.2 Å². The van der Waals surface area contributed by atoms with Gasteiger partial charge in [-0.3, -0.25) is 9.52 Å². The summed E-state index contributed by atoms with van der Waals surface area (Å²) in [5.41, 5.74) is 0.953. The highest BCUT2D eigenvalue weighted by molar-refractivity contribution is 7.92. The summed E-state index contributed by atoms with van der Waals surface area (Å²) >= 11 is 1.40. The minimum atomic E-state index is -4.27. The predicted octanol–water partition coefficient (Wildman–Crippen LogP) is 5.99. The van der Waals surface area contributed by atoms with Gasteiger partial charge in [-0.05, 0) is 81.3 Å². The summed E-state index contributed by atoms with van der Waals surface area (Å²) in [6.45, 7) is 4.77. The quantitative estimate of drug-likeness (QED) is 0.284. The lowest BCUT2D eigenvalue weighted by molar-refractivity contribution is -0.149. The van der Waals surface area contributed by atoms with E-state index < -0.39 is 21.7 Å². The highest BCUT2D eigenvalue weighted by atomic mass is 32.2. The summed E-state index contributed by atoms with van der Waals surface area (Å²) in [4.78, 5) is 17.2. The Morgan fingerprint density at radius 1 is 1.13 bits per heavy atom. The van der Waals surface area contributed by atoms with Crippen LogP contribution in [0.5, 0.6) is 5.75 Å². The summed E-state index contributed by atoms with van der Waals surface area (Å²) in [6, 6.07) is 7.30. The largest absolute Gasteiger partial charge is 0.495 e. The van der Waals surface area contributed by atoms with Crippen LogP contribution in [-0.2, 0) is 19.6 Å². The third kappa shape index (κ3) is 6.85. The van der Waals surface area contributed by atoms with E-state index in [0.29, 0.717) is 29.3 Å². The predicted molar refractivity (Wildman–Crippen MR) is 147 cm³/mol. The molecule has 1 heterocycles. The van der Waals surface area contributed by atoms with Crippen molar-refractivity contribution in [1.82, 2.24) is 4.98 Å². The first kappa shape index (κ1) is 28.8. The molecule has 12 heteroatoms. The molecule has 39 heavy (non-hydrogen) atoms. The number of sulfonamides is 1. The minimum Gasteiger partial charge on any atom is -0.495 e. The molecule has 0 amide bonds. The van der Waals surface area contributed by atoms with Crippen LogP contribution in [0.2, 0.25) is 0 Å². The molecule has 8 nitrogen and oxygen atoms in total. The van der Waals surface area contributed by atoms with Gasteiger partial charge < -0.3 is 14.8 Å². The molecular formula is C27H31F2N3O5S2. The molecule has 210 valence electrons.